The molecule has 3 N–H and O–H groups in total. The van der Waals surface area contributed by atoms with Crippen LogP contribution in [0.15, 0.2) is 65.8 Å². The maximum absolute atomic E-state index is 12.4. The number of hydrazone groups is 1. The number of phenolic OH excluding ortho intramolecular Hbond substituents is 1. The molecule has 3 rings (SSSR count). The Morgan fingerprint density at radius 2 is 1.88 bits per heavy atom. The Morgan fingerprint density at radius 1 is 1.09 bits per heavy atom. The molecule has 160 valence electrons. The van der Waals surface area contributed by atoms with Gasteiger partial charge in [-0.2, -0.15) is 10.4 Å². The van der Waals surface area contributed by atoms with E-state index in [4.69, 9.17) is 21.6 Å². The zero-order valence-corrected chi connectivity index (χ0v) is 17.6. The Labute approximate surface area is 188 Å². The van der Waals surface area contributed by atoms with Gasteiger partial charge in [-0.3, -0.25) is 9.59 Å². The van der Waals surface area contributed by atoms with Gasteiger partial charge in [0.25, 0.3) is 11.8 Å². The number of nitriles is 1. The van der Waals surface area contributed by atoms with E-state index in [-0.39, 0.29) is 22.2 Å². The number of nitrogens with zero attached hydrogens (tertiary/aromatic N) is 2. The van der Waals surface area contributed by atoms with Crippen LogP contribution in [-0.2, 0) is 0 Å². The molecule has 0 aliphatic rings. The van der Waals surface area contributed by atoms with Gasteiger partial charge in [0.1, 0.15) is 11.5 Å². The summed E-state index contributed by atoms with van der Waals surface area (Å²) in [5.41, 5.74) is 4.37. The molecule has 0 aromatic heterocycles. The van der Waals surface area contributed by atoms with Gasteiger partial charge in [0.2, 0.25) is 0 Å². The topological polar surface area (TPSA) is 124 Å². The number of rotatable bonds is 6. The zero-order valence-electron chi connectivity index (χ0n) is 16.8. The first-order valence-electron chi connectivity index (χ1n) is 9.22. The van der Waals surface area contributed by atoms with Crippen LogP contribution in [0.4, 0.5) is 5.69 Å². The summed E-state index contributed by atoms with van der Waals surface area (Å²) in [6, 6.07) is 17.3. The summed E-state index contributed by atoms with van der Waals surface area (Å²) in [6.45, 7) is 0. The molecule has 0 atom stereocenters. The second-order valence-electron chi connectivity index (χ2n) is 6.47. The fraction of sp³-hybridized carbons (Fsp3) is 0.0435. The molecule has 9 heteroatoms. The molecule has 32 heavy (non-hydrogen) atoms. The van der Waals surface area contributed by atoms with Crippen LogP contribution in [0.1, 0.15) is 31.8 Å². The van der Waals surface area contributed by atoms with Gasteiger partial charge in [-0.15, -0.1) is 0 Å². The van der Waals surface area contributed by atoms with Gasteiger partial charge in [0.15, 0.2) is 0 Å². The number of hydrogen-bond donors (Lipinski definition) is 3. The van der Waals surface area contributed by atoms with Gasteiger partial charge in [-0.05, 0) is 48.5 Å². The van der Waals surface area contributed by atoms with Crippen molar-refractivity contribution in [2.24, 2.45) is 5.10 Å². The number of anilines is 1. The normalized spacial score (nSPS) is 10.4. The Bertz CT molecular complexity index is 1250. The number of nitrogens with one attached hydrogen (secondary N) is 2. The van der Waals surface area contributed by atoms with Crippen molar-refractivity contribution < 1.29 is 19.4 Å². The Morgan fingerprint density at radius 3 is 2.59 bits per heavy atom. The molecule has 0 aliphatic carbocycles. The highest BCUT2D eigenvalue weighted by Crippen LogP contribution is 2.24. The van der Waals surface area contributed by atoms with E-state index in [1.807, 2.05) is 6.07 Å². The van der Waals surface area contributed by atoms with Crippen molar-refractivity contribution in [1.29, 1.82) is 5.26 Å². The number of hydrogen-bond acceptors (Lipinski definition) is 6. The standard InChI is InChI=1S/C23H17ClN4O4/c1-32-21-11-18(27-22(30)15-4-2-3-14(9-15)12-25)7-5-17(21)13-26-28-23(31)16-6-8-20(29)19(24)10-16/h2-11,13,29H,1H3,(H,27,30)(H,28,31)/b26-13+. The summed E-state index contributed by atoms with van der Waals surface area (Å²) in [6.07, 6.45) is 1.39. The predicted molar refractivity (Wildman–Crippen MR) is 120 cm³/mol. The molecule has 0 radical (unpaired) electrons. The minimum absolute atomic E-state index is 0.0558. The van der Waals surface area contributed by atoms with E-state index in [0.717, 1.165) is 0 Å². The molecule has 0 aliphatic heterocycles. The monoisotopic (exact) mass is 448 g/mol. The summed E-state index contributed by atoms with van der Waals surface area (Å²) >= 11 is 5.80. The van der Waals surface area contributed by atoms with Crippen molar-refractivity contribution in [3.05, 3.63) is 87.9 Å². The van der Waals surface area contributed by atoms with Crippen LogP contribution in [-0.4, -0.2) is 30.2 Å². The van der Waals surface area contributed by atoms with E-state index in [9.17, 15) is 14.7 Å². The fourth-order valence-electron chi connectivity index (χ4n) is 2.70. The summed E-state index contributed by atoms with van der Waals surface area (Å²) in [7, 11) is 1.46. The van der Waals surface area contributed by atoms with Crippen LogP contribution >= 0.6 is 11.6 Å². The maximum atomic E-state index is 12.4. The number of halogens is 1. The van der Waals surface area contributed by atoms with E-state index in [1.165, 1.54) is 37.6 Å². The molecule has 0 heterocycles. The lowest BCUT2D eigenvalue weighted by Gasteiger charge is -2.10. The number of ether oxygens (including phenoxy) is 1. The number of aromatic hydroxyl groups is 1. The molecule has 8 nitrogen and oxygen atoms in total. The van der Waals surface area contributed by atoms with Crippen LogP contribution in [0.5, 0.6) is 11.5 Å². The number of carbonyl (C=O) groups excluding carboxylic acids is 2. The first-order chi connectivity index (χ1) is 15.4. The largest absolute Gasteiger partial charge is 0.506 e. The minimum atomic E-state index is -0.509. The van der Waals surface area contributed by atoms with Crippen LogP contribution in [0.2, 0.25) is 5.02 Å². The summed E-state index contributed by atoms with van der Waals surface area (Å²) in [5.74, 6) is -0.586. The highest BCUT2D eigenvalue weighted by Gasteiger charge is 2.10. The average molecular weight is 449 g/mol. The van der Waals surface area contributed by atoms with Gasteiger partial charge in [0.05, 0.1) is 30.0 Å². The molecule has 3 aromatic carbocycles. The van der Waals surface area contributed by atoms with Gasteiger partial charge in [-0.25, -0.2) is 5.43 Å². The van der Waals surface area contributed by atoms with Gasteiger partial charge in [-0.1, -0.05) is 17.7 Å². The van der Waals surface area contributed by atoms with Crippen LogP contribution in [0, 0.1) is 11.3 Å². The molecular weight excluding hydrogens is 432 g/mol. The van der Waals surface area contributed by atoms with Crippen molar-refractivity contribution in [1.82, 2.24) is 5.43 Å². The Balaban J connectivity index is 1.69. The van der Waals surface area contributed by atoms with Gasteiger partial charge < -0.3 is 15.2 Å². The second-order valence-corrected chi connectivity index (χ2v) is 6.88. The predicted octanol–water partition coefficient (Wildman–Crippen LogP) is 3.94. The number of amides is 2. The number of methoxy groups -OCH3 is 1. The van der Waals surface area contributed by atoms with Crippen molar-refractivity contribution in [3.63, 3.8) is 0 Å². The molecule has 0 fully saturated rings. The number of carbonyl (C=O) groups is 2. The second kappa shape index (κ2) is 10.1. The van der Waals surface area contributed by atoms with E-state index in [2.05, 4.69) is 15.8 Å². The first kappa shape index (κ1) is 22.3. The maximum Gasteiger partial charge on any atom is 0.271 e. The zero-order chi connectivity index (χ0) is 23.1. The molecule has 0 saturated heterocycles. The Hall–Kier alpha value is -4.35. The third-order valence-electron chi connectivity index (χ3n) is 4.32. The average Bonchev–Trinajstić information content (AvgIpc) is 2.81. The van der Waals surface area contributed by atoms with E-state index >= 15 is 0 Å². The SMILES string of the molecule is COc1cc(NC(=O)c2cccc(C#N)c2)ccc1/C=N/NC(=O)c1ccc(O)c(Cl)c1. The molecular formula is C23H17ClN4O4. The summed E-state index contributed by atoms with van der Waals surface area (Å²) in [4.78, 5) is 24.6. The van der Waals surface area contributed by atoms with Crippen LogP contribution in [0.3, 0.4) is 0 Å². The smallest absolute Gasteiger partial charge is 0.271 e. The van der Waals surface area contributed by atoms with Crippen molar-refractivity contribution >= 4 is 35.3 Å². The molecule has 0 bridgehead atoms. The molecule has 0 spiro atoms. The molecule has 2 amide bonds. The van der Waals surface area contributed by atoms with Crippen LogP contribution < -0.4 is 15.5 Å². The third-order valence-corrected chi connectivity index (χ3v) is 4.63. The minimum Gasteiger partial charge on any atom is -0.506 e. The van der Waals surface area contributed by atoms with Crippen molar-refractivity contribution in [3.8, 4) is 17.6 Å². The fourth-order valence-corrected chi connectivity index (χ4v) is 2.88. The number of phenols is 1. The summed E-state index contributed by atoms with van der Waals surface area (Å²) in [5, 5.41) is 25.1. The number of benzene rings is 3. The lowest BCUT2D eigenvalue weighted by Crippen LogP contribution is -2.17. The van der Waals surface area contributed by atoms with E-state index < -0.39 is 5.91 Å². The summed E-state index contributed by atoms with van der Waals surface area (Å²) < 4.78 is 5.34. The quantitative estimate of drug-likeness (QED) is 0.389. The van der Waals surface area contributed by atoms with E-state index in [1.54, 1.807) is 36.4 Å². The van der Waals surface area contributed by atoms with Crippen LogP contribution in [0.25, 0.3) is 0 Å². The highest BCUT2D eigenvalue weighted by atomic mass is 35.5. The van der Waals surface area contributed by atoms with Gasteiger partial charge >= 0.3 is 0 Å². The Kier molecular flexibility index (Phi) is 7.06. The van der Waals surface area contributed by atoms with E-state index in [0.29, 0.717) is 28.1 Å². The third kappa shape index (κ3) is 5.41. The molecule has 0 saturated carbocycles. The molecule has 0 unspecified atom stereocenters. The van der Waals surface area contributed by atoms with Crippen molar-refractivity contribution in [2.75, 3.05) is 12.4 Å². The lowest BCUT2D eigenvalue weighted by molar-refractivity contribution is 0.0954. The highest BCUT2D eigenvalue weighted by molar-refractivity contribution is 6.32. The molecule has 3 aromatic rings. The van der Waals surface area contributed by atoms with Crippen molar-refractivity contribution in [2.45, 2.75) is 0 Å². The first-order valence-corrected chi connectivity index (χ1v) is 9.60. The van der Waals surface area contributed by atoms with Gasteiger partial charge in [0, 0.05) is 28.4 Å². The lowest BCUT2D eigenvalue weighted by atomic mass is 10.1.